The Bertz CT molecular complexity index is 723. The Morgan fingerprint density at radius 2 is 2.08 bits per heavy atom. The Morgan fingerprint density at radius 3 is 2.58 bits per heavy atom. The number of nitrogens with zero attached hydrogens (tertiary/aromatic N) is 5. The van der Waals surface area contributed by atoms with Crippen molar-refractivity contribution in [3.8, 4) is 0 Å². The number of rotatable bonds is 4. The van der Waals surface area contributed by atoms with Crippen molar-refractivity contribution in [2.75, 3.05) is 13.1 Å². The van der Waals surface area contributed by atoms with Gasteiger partial charge in [-0.05, 0) is 19.8 Å². The third-order valence-corrected chi connectivity index (χ3v) is 4.54. The number of carboxylic acid groups (broad SMARTS) is 1. The van der Waals surface area contributed by atoms with Gasteiger partial charge in [0.1, 0.15) is 0 Å². The Labute approximate surface area is 155 Å². The molecule has 0 saturated carbocycles. The number of aliphatic hydroxyl groups is 1. The second kappa shape index (κ2) is 8.81. The number of aromatic nitrogens is 4. The van der Waals surface area contributed by atoms with E-state index in [4.69, 9.17) is 21.5 Å². The number of hydrogen-bond donors (Lipinski definition) is 2. The third kappa shape index (κ3) is 4.83. The average Bonchev–Trinajstić information content (AvgIpc) is 3.24. The molecule has 2 N–H and O–H groups in total. The van der Waals surface area contributed by atoms with Crippen molar-refractivity contribution in [3.63, 3.8) is 0 Å². The lowest BCUT2D eigenvalue weighted by Crippen LogP contribution is -2.48. The molecule has 1 aliphatic heterocycles. The van der Waals surface area contributed by atoms with Crippen LogP contribution in [0.2, 0.25) is 5.02 Å². The minimum Gasteiger partial charge on any atom is -0.483 e. The molecule has 0 bridgehead atoms. The van der Waals surface area contributed by atoms with Crippen molar-refractivity contribution >= 4 is 24.0 Å². The summed E-state index contributed by atoms with van der Waals surface area (Å²) in [5, 5.41) is 22.2. The summed E-state index contributed by atoms with van der Waals surface area (Å²) in [4.78, 5) is 26.6. The summed E-state index contributed by atoms with van der Waals surface area (Å²) >= 11 is 6.10. The summed E-state index contributed by atoms with van der Waals surface area (Å²) in [5.41, 5.74) is -0.530. The van der Waals surface area contributed by atoms with E-state index in [1.54, 1.807) is 28.3 Å². The Kier molecular flexibility index (Phi) is 6.76. The Morgan fingerprint density at radius 1 is 1.42 bits per heavy atom. The molecule has 9 nitrogen and oxygen atoms in total. The summed E-state index contributed by atoms with van der Waals surface area (Å²) in [5.74, 6) is -0.174. The highest BCUT2D eigenvalue weighted by Crippen LogP contribution is 2.26. The zero-order valence-corrected chi connectivity index (χ0v) is 15.2. The van der Waals surface area contributed by atoms with Crippen LogP contribution in [-0.2, 0) is 17.9 Å². The molecule has 0 aliphatic carbocycles. The number of carbonyl (C=O) groups excluding carboxylic acids is 1. The topological polar surface area (TPSA) is 113 Å². The molecule has 1 saturated heterocycles. The standard InChI is InChI=1S/C15H20ClN5O2.CH2O2/c1-2-21-9-12(16)13(18-21)14(22)20-6-3-15(23,4-7-20)10-19-8-5-17-11-19;2-1-3/h5,8-9,11,23H,2-4,6-7,10H2,1H3;1H,(H,2,3). The molecule has 3 heterocycles. The predicted molar refractivity (Wildman–Crippen MR) is 93.9 cm³/mol. The van der Waals surface area contributed by atoms with E-state index >= 15 is 0 Å². The number of imidazole rings is 1. The first-order chi connectivity index (χ1) is 12.4. The van der Waals surface area contributed by atoms with Gasteiger partial charge < -0.3 is 19.7 Å². The van der Waals surface area contributed by atoms with Gasteiger partial charge in [-0.1, -0.05) is 11.6 Å². The van der Waals surface area contributed by atoms with Gasteiger partial charge in [-0.2, -0.15) is 5.10 Å². The third-order valence-electron chi connectivity index (χ3n) is 4.26. The molecular formula is C16H22ClN5O4. The average molecular weight is 384 g/mol. The monoisotopic (exact) mass is 383 g/mol. The van der Waals surface area contributed by atoms with Crippen LogP contribution in [0.1, 0.15) is 30.3 Å². The van der Waals surface area contributed by atoms with Crippen LogP contribution in [0.25, 0.3) is 0 Å². The highest BCUT2D eigenvalue weighted by molar-refractivity contribution is 6.33. The molecular weight excluding hydrogens is 362 g/mol. The molecule has 2 aromatic rings. The quantitative estimate of drug-likeness (QED) is 0.765. The zero-order valence-electron chi connectivity index (χ0n) is 14.5. The molecule has 26 heavy (non-hydrogen) atoms. The van der Waals surface area contributed by atoms with Gasteiger partial charge in [-0.15, -0.1) is 0 Å². The summed E-state index contributed by atoms with van der Waals surface area (Å²) in [6, 6.07) is 0. The molecule has 0 unspecified atom stereocenters. The number of halogens is 1. The first-order valence-electron chi connectivity index (χ1n) is 8.20. The lowest BCUT2D eigenvalue weighted by Gasteiger charge is -2.38. The van der Waals surface area contributed by atoms with Crippen molar-refractivity contribution in [1.29, 1.82) is 0 Å². The zero-order chi connectivity index (χ0) is 19.2. The fourth-order valence-electron chi connectivity index (χ4n) is 2.86. The largest absolute Gasteiger partial charge is 0.483 e. The number of hydrogen-bond acceptors (Lipinski definition) is 5. The Balaban J connectivity index is 0.000000758. The molecule has 3 rings (SSSR count). The van der Waals surface area contributed by atoms with Gasteiger partial charge in [0.25, 0.3) is 12.4 Å². The molecule has 1 amide bonds. The maximum Gasteiger partial charge on any atom is 0.290 e. The van der Waals surface area contributed by atoms with Gasteiger partial charge in [0.2, 0.25) is 0 Å². The van der Waals surface area contributed by atoms with Crippen LogP contribution in [0.15, 0.2) is 24.9 Å². The smallest absolute Gasteiger partial charge is 0.290 e. The second-order valence-corrected chi connectivity index (χ2v) is 6.45. The van der Waals surface area contributed by atoms with Gasteiger partial charge in [-0.25, -0.2) is 4.98 Å². The van der Waals surface area contributed by atoms with Crippen LogP contribution >= 0.6 is 11.6 Å². The fraction of sp³-hybridized carbons (Fsp3) is 0.500. The molecule has 0 spiro atoms. The van der Waals surface area contributed by atoms with Crippen molar-refractivity contribution in [1.82, 2.24) is 24.2 Å². The van der Waals surface area contributed by atoms with Crippen molar-refractivity contribution in [2.45, 2.75) is 38.5 Å². The van der Waals surface area contributed by atoms with Crippen molar-refractivity contribution in [3.05, 3.63) is 35.6 Å². The number of carbonyl (C=O) groups is 2. The van der Waals surface area contributed by atoms with E-state index in [1.807, 2.05) is 17.7 Å². The molecule has 0 radical (unpaired) electrons. The number of piperidine rings is 1. The van der Waals surface area contributed by atoms with Gasteiger partial charge in [0, 0.05) is 38.2 Å². The van der Waals surface area contributed by atoms with Gasteiger partial charge in [0.15, 0.2) is 5.69 Å². The lowest BCUT2D eigenvalue weighted by atomic mass is 9.91. The van der Waals surface area contributed by atoms with Crippen LogP contribution in [0.3, 0.4) is 0 Å². The van der Waals surface area contributed by atoms with Crippen LogP contribution in [0.5, 0.6) is 0 Å². The van der Waals surface area contributed by atoms with E-state index in [-0.39, 0.29) is 18.1 Å². The predicted octanol–water partition coefficient (Wildman–Crippen LogP) is 1.12. The maximum atomic E-state index is 12.5. The van der Waals surface area contributed by atoms with Gasteiger partial charge in [0.05, 0.1) is 23.5 Å². The second-order valence-electron chi connectivity index (χ2n) is 6.04. The Hall–Kier alpha value is -2.39. The first kappa shape index (κ1) is 19.9. The molecule has 142 valence electrons. The van der Waals surface area contributed by atoms with E-state index < -0.39 is 5.60 Å². The van der Waals surface area contributed by atoms with E-state index in [1.165, 1.54) is 0 Å². The lowest BCUT2D eigenvalue weighted by molar-refractivity contribution is -0.122. The SMILES string of the molecule is CCn1cc(Cl)c(C(=O)N2CCC(O)(Cn3ccnc3)CC2)n1.O=CO. The highest BCUT2D eigenvalue weighted by Gasteiger charge is 2.35. The molecule has 10 heteroatoms. The van der Waals surface area contributed by atoms with Crippen LogP contribution in [0.4, 0.5) is 0 Å². The number of amides is 1. The van der Waals surface area contributed by atoms with E-state index in [2.05, 4.69) is 10.1 Å². The van der Waals surface area contributed by atoms with Crippen molar-refractivity contribution in [2.24, 2.45) is 0 Å². The van der Waals surface area contributed by atoms with E-state index in [9.17, 15) is 9.90 Å². The molecule has 2 aromatic heterocycles. The van der Waals surface area contributed by atoms with Crippen LogP contribution in [0, 0.1) is 0 Å². The highest BCUT2D eigenvalue weighted by atomic mass is 35.5. The molecule has 1 aliphatic rings. The summed E-state index contributed by atoms with van der Waals surface area (Å²) in [6.07, 6.45) is 7.90. The molecule has 1 fully saturated rings. The number of aryl methyl sites for hydroxylation is 1. The fourth-order valence-corrected chi connectivity index (χ4v) is 3.09. The minimum absolute atomic E-state index is 0.174. The first-order valence-corrected chi connectivity index (χ1v) is 8.58. The summed E-state index contributed by atoms with van der Waals surface area (Å²) < 4.78 is 3.51. The van der Waals surface area contributed by atoms with Gasteiger partial charge in [-0.3, -0.25) is 14.3 Å². The number of likely N-dealkylation sites (tertiary alicyclic amines) is 1. The van der Waals surface area contributed by atoms with Crippen LogP contribution < -0.4 is 0 Å². The maximum absolute atomic E-state index is 12.5. The normalized spacial score (nSPS) is 15.9. The van der Waals surface area contributed by atoms with Crippen molar-refractivity contribution < 1.29 is 19.8 Å². The summed E-state index contributed by atoms with van der Waals surface area (Å²) in [7, 11) is 0. The van der Waals surface area contributed by atoms with E-state index in [0.717, 1.165) is 0 Å². The van der Waals surface area contributed by atoms with E-state index in [0.29, 0.717) is 44.0 Å². The minimum atomic E-state index is -0.815. The van der Waals surface area contributed by atoms with Gasteiger partial charge >= 0.3 is 0 Å². The van der Waals surface area contributed by atoms with Crippen LogP contribution in [-0.4, -0.2) is 65.5 Å². The summed E-state index contributed by atoms with van der Waals surface area (Å²) in [6.45, 7) is 3.81. The molecule has 0 aromatic carbocycles. The molecule has 0 atom stereocenters.